The summed E-state index contributed by atoms with van der Waals surface area (Å²) in [5, 5.41) is 5.10. The normalized spacial score (nSPS) is 12.7. The smallest absolute Gasteiger partial charge is 0.0540 e. The van der Waals surface area contributed by atoms with Crippen LogP contribution < -0.4 is 4.90 Å². The lowest BCUT2D eigenvalue weighted by molar-refractivity contribution is 0.660. The molecule has 0 fully saturated rings. The minimum absolute atomic E-state index is 0.111. The highest BCUT2D eigenvalue weighted by Gasteiger charge is 2.37. The van der Waals surface area contributed by atoms with Crippen LogP contribution in [0, 0.1) is 0 Å². The summed E-state index contributed by atoms with van der Waals surface area (Å²) in [5.74, 6) is 0. The van der Waals surface area contributed by atoms with Crippen LogP contribution in [-0.2, 0) is 5.41 Å². The van der Waals surface area contributed by atoms with Gasteiger partial charge in [-0.15, -0.1) is 11.3 Å². The third-order valence-electron chi connectivity index (χ3n) is 13.3. The third kappa shape index (κ3) is 5.97. The van der Waals surface area contributed by atoms with E-state index < -0.39 is 0 Å². The van der Waals surface area contributed by atoms with Crippen molar-refractivity contribution in [3.05, 3.63) is 236 Å². The topological polar surface area (TPSA) is 3.24 Å². The highest BCUT2D eigenvalue weighted by atomic mass is 32.1. The average Bonchev–Trinajstić information content (AvgIpc) is 3.84. The number of benzene rings is 10. The summed E-state index contributed by atoms with van der Waals surface area (Å²) < 4.78 is 2.63. The number of para-hydroxylation sites is 2. The number of fused-ring (bicyclic) bond motifs is 7. The molecule has 2 heteroatoms. The van der Waals surface area contributed by atoms with Crippen molar-refractivity contribution in [1.82, 2.24) is 0 Å². The number of hydrogen-bond acceptors (Lipinski definition) is 2. The summed E-state index contributed by atoms with van der Waals surface area (Å²) >= 11 is 1.87. The summed E-state index contributed by atoms with van der Waals surface area (Å²) in [6.45, 7) is 4.73. The van der Waals surface area contributed by atoms with Gasteiger partial charge in [-0.3, -0.25) is 0 Å². The molecule has 12 rings (SSSR count). The molecule has 0 unspecified atom stereocenters. The van der Waals surface area contributed by atoms with Gasteiger partial charge in [-0.05, 0) is 103 Å². The Labute approximate surface area is 372 Å². The van der Waals surface area contributed by atoms with E-state index in [2.05, 4.69) is 243 Å². The molecule has 11 aromatic rings. The van der Waals surface area contributed by atoms with Crippen LogP contribution >= 0.6 is 11.3 Å². The molecule has 0 spiro atoms. The molecule has 0 saturated carbocycles. The van der Waals surface area contributed by atoms with Crippen LogP contribution in [0.25, 0.3) is 86.6 Å². The Kier molecular flexibility index (Phi) is 8.77. The summed E-state index contributed by atoms with van der Waals surface area (Å²) in [7, 11) is 0. The Balaban J connectivity index is 1.10. The van der Waals surface area contributed by atoms with Gasteiger partial charge in [-0.1, -0.05) is 202 Å². The Morgan fingerprint density at radius 3 is 1.62 bits per heavy atom. The molecule has 1 aromatic heterocycles. The van der Waals surface area contributed by atoms with Crippen molar-refractivity contribution in [2.45, 2.75) is 19.3 Å². The van der Waals surface area contributed by atoms with E-state index in [9.17, 15) is 0 Å². The molecule has 1 aliphatic carbocycles. The molecule has 0 bridgehead atoms. The second kappa shape index (κ2) is 14.8. The quantitative estimate of drug-likeness (QED) is 0.155. The van der Waals surface area contributed by atoms with Crippen molar-refractivity contribution < 1.29 is 0 Å². The molecule has 1 aliphatic rings. The fourth-order valence-corrected chi connectivity index (χ4v) is 11.5. The Bertz CT molecular complexity index is 3530. The maximum absolute atomic E-state index is 2.50. The molecule has 10 aromatic carbocycles. The maximum atomic E-state index is 2.50. The molecule has 0 N–H and O–H groups in total. The van der Waals surface area contributed by atoms with Gasteiger partial charge < -0.3 is 4.90 Å². The monoisotopic (exact) mass is 821 g/mol. The summed E-state index contributed by atoms with van der Waals surface area (Å²) in [5.41, 5.74) is 18.3. The van der Waals surface area contributed by atoms with Crippen LogP contribution in [0.3, 0.4) is 0 Å². The third-order valence-corrected chi connectivity index (χ3v) is 14.4. The molecular weight excluding hydrogens is 779 g/mol. The zero-order valence-electron chi connectivity index (χ0n) is 35.2. The van der Waals surface area contributed by atoms with Crippen molar-refractivity contribution >= 4 is 59.3 Å². The van der Waals surface area contributed by atoms with Gasteiger partial charge in [0.1, 0.15) is 0 Å². The number of anilines is 3. The van der Waals surface area contributed by atoms with Gasteiger partial charge in [0.15, 0.2) is 0 Å². The fraction of sp³-hybridized carbons (Fsp3) is 0.0492. The zero-order valence-corrected chi connectivity index (χ0v) is 36.0. The van der Waals surface area contributed by atoms with E-state index >= 15 is 0 Å². The van der Waals surface area contributed by atoms with E-state index in [4.69, 9.17) is 0 Å². The second-order valence-corrected chi connectivity index (χ2v) is 18.3. The van der Waals surface area contributed by atoms with E-state index in [1.807, 2.05) is 11.3 Å². The van der Waals surface area contributed by atoms with Gasteiger partial charge in [0.05, 0.1) is 11.4 Å². The van der Waals surface area contributed by atoms with E-state index in [-0.39, 0.29) is 5.41 Å². The Hall–Kier alpha value is -7.52. The first kappa shape index (κ1) is 37.3. The highest BCUT2D eigenvalue weighted by molar-refractivity contribution is 7.25. The SMILES string of the molecule is CC1(C)c2ccccc2-c2c(-c3ccccc3N(c3ccc(-c4cccc5sc6ccccc6c45)cc3)c3ccccc3-c3cccc4cccc(-c5ccccc5)c34)cccc21. The van der Waals surface area contributed by atoms with Crippen LogP contribution in [0.1, 0.15) is 25.0 Å². The lowest BCUT2D eigenvalue weighted by atomic mass is 9.82. The van der Waals surface area contributed by atoms with Crippen molar-refractivity contribution in [3.63, 3.8) is 0 Å². The predicted molar refractivity (Wildman–Crippen MR) is 271 cm³/mol. The largest absolute Gasteiger partial charge is 0.309 e. The van der Waals surface area contributed by atoms with E-state index in [1.54, 1.807) is 0 Å². The first-order chi connectivity index (χ1) is 31.0. The molecule has 1 nitrogen and oxygen atoms in total. The van der Waals surface area contributed by atoms with Gasteiger partial charge >= 0.3 is 0 Å². The van der Waals surface area contributed by atoms with Crippen molar-refractivity contribution in [1.29, 1.82) is 0 Å². The number of rotatable bonds is 7. The van der Waals surface area contributed by atoms with Crippen LogP contribution in [0.15, 0.2) is 224 Å². The minimum atomic E-state index is -0.111. The summed E-state index contributed by atoms with van der Waals surface area (Å²) in [6.07, 6.45) is 0. The predicted octanol–water partition coefficient (Wildman–Crippen LogP) is 17.7. The van der Waals surface area contributed by atoms with Crippen LogP contribution in [-0.4, -0.2) is 0 Å². The van der Waals surface area contributed by atoms with Gasteiger partial charge in [0.2, 0.25) is 0 Å². The minimum Gasteiger partial charge on any atom is -0.309 e. The molecule has 298 valence electrons. The molecule has 0 atom stereocenters. The molecule has 1 heterocycles. The Morgan fingerprint density at radius 2 is 0.857 bits per heavy atom. The fourth-order valence-electron chi connectivity index (χ4n) is 10.4. The Morgan fingerprint density at radius 1 is 0.349 bits per heavy atom. The summed E-state index contributed by atoms with van der Waals surface area (Å²) in [6, 6.07) is 82.9. The van der Waals surface area contributed by atoms with Crippen LogP contribution in [0.4, 0.5) is 17.1 Å². The first-order valence-corrected chi connectivity index (χ1v) is 22.7. The van der Waals surface area contributed by atoms with Gasteiger partial charge in [0.25, 0.3) is 0 Å². The molecule has 0 aliphatic heterocycles. The first-order valence-electron chi connectivity index (χ1n) is 21.8. The van der Waals surface area contributed by atoms with Crippen LogP contribution in [0.5, 0.6) is 0 Å². The molecular formula is C61H43NS. The number of nitrogens with zero attached hydrogens (tertiary/aromatic N) is 1. The lowest BCUT2D eigenvalue weighted by Gasteiger charge is -2.31. The number of thiophene rings is 1. The lowest BCUT2D eigenvalue weighted by Crippen LogP contribution is -2.15. The molecule has 0 saturated heterocycles. The van der Waals surface area contributed by atoms with E-state index in [0.717, 1.165) is 17.1 Å². The standard InChI is InChI=1S/C61H43NS/c1-61(2)52-30-10-6-24-50(52)59-49(29-16-31-53(59)61)47-23-8-12-33-55(47)62(43-38-36-41(37-39-43)45-27-17-35-57-60(45)51-25-9-13-34-56(51)63-57)54-32-11-7-22-46(54)48-28-15-21-42-20-14-26-44(58(42)48)40-18-4-3-5-19-40/h3-39H,1-2H3. The second-order valence-electron chi connectivity index (χ2n) is 17.2. The molecule has 0 amide bonds. The zero-order chi connectivity index (χ0) is 42.1. The van der Waals surface area contributed by atoms with E-state index in [0.29, 0.717) is 0 Å². The van der Waals surface area contributed by atoms with Crippen molar-refractivity contribution in [2.75, 3.05) is 4.90 Å². The van der Waals surface area contributed by atoms with Gasteiger partial charge in [-0.2, -0.15) is 0 Å². The van der Waals surface area contributed by atoms with Crippen molar-refractivity contribution in [3.8, 4) is 55.6 Å². The van der Waals surface area contributed by atoms with Gasteiger partial charge in [0, 0.05) is 42.4 Å². The maximum Gasteiger partial charge on any atom is 0.0540 e. The summed E-state index contributed by atoms with van der Waals surface area (Å²) in [4.78, 5) is 2.50. The highest BCUT2D eigenvalue weighted by Crippen LogP contribution is 2.54. The van der Waals surface area contributed by atoms with Crippen LogP contribution in [0.2, 0.25) is 0 Å². The van der Waals surface area contributed by atoms with Crippen molar-refractivity contribution in [2.24, 2.45) is 0 Å². The molecule has 63 heavy (non-hydrogen) atoms. The molecule has 0 radical (unpaired) electrons. The van der Waals surface area contributed by atoms with Gasteiger partial charge in [-0.25, -0.2) is 0 Å². The number of hydrogen-bond donors (Lipinski definition) is 0. The van der Waals surface area contributed by atoms with E-state index in [1.165, 1.54) is 97.7 Å². The average molecular weight is 822 g/mol.